The molecule has 7 heteroatoms. The lowest BCUT2D eigenvalue weighted by atomic mass is 9.81. The zero-order valence-electron chi connectivity index (χ0n) is 13.7. The van der Waals surface area contributed by atoms with Crippen molar-refractivity contribution in [1.82, 2.24) is 14.9 Å². The van der Waals surface area contributed by atoms with E-state index in [9.17, 15) is 9.90 Å². The van der Waals surface area contributed by atoms with Crippen LogP contribution in [0, 0.1) is 18.3 Å². The van der Waals surface area contributed by atoms with Gasteiger partial charge in [-0.2, -0.15) is 0 Å². The Morgan fingerprint density at radius 3 is 2.83 bits per heavy atom. The van der Waals surface area contributed by atoms with Gasteiger partial charge in [-0.05, 0) is 18.9 Å². The number of aromatic nitrogens is 2. The fourth-order valence-electron chi connectivity index (χ4n) is 3.91. The minimum absolute atomic E-state index is 0.0431. The van der Waals surface area contributed by atoms with Crippen LogP contribution in [-0.2, 0) is 11.2 Å². The van der Waals surface area contributed by atoms with Crippen LogP contribution in [0.5, 0.6) is 0 Å². The van der Waals surface area contributed by atoms with E-state index >= 15 is 0 Å². The van der Waals surface area contributed by atoms with Crippen molar-refractivity contribution in [2.45, 2.75) is 20.3 Å². The summed E-state index contributed by atoms with van der Waals surface area (Å²) in [6, 6.07) is 0. The lowest BCUT2D eigenvalue weighted by Gasteiger charge is -2.25. The number of aliphatic hydroxyl groups is 1. The number of nitrogens with zero attached hydrogens (tertiary/aromatic N) is 4. The first-order valence-electron chi connectivity index (χ1n) is 8.14. The van der Waals surface area contributed by atoms with Gasteiger partial charge in [-0.3, -0.25) is 9.69 Å². The number of aliphatic hydroxyl groups excluding tert-OH is 1. The van der Waals surface area contributed by atoms with Crippen molar-refractivity contribution in [2.75, 3.05) is 44.2 Å². The van der Waals surface area contributed by atoms with Crippen LogP contribution in [0.4, 0.5) is 5.95 Å². The molecule has 23 heavy (non-hydrogen) atoms. The molecule has 1 aromatic rings. The van der Waals surface area contributed by atoms with Crippen LogP contribution in [0.2, 0.25) is 0 Å². The molecule has 0 aromatic carbocycles. The number of hydrogen-bond acceptors (Lipinski definition) is 6. The van der Waals surface area contributed by atoms with Crippen molar-refractivity contribution in [3.05, 3.63) is 17.5 Å². The number of fused-ring (bicyclic) bond motifs is 1. The highest BCUT2D eigenvalue weighted by Gasteiger charge is 2.57. The molecule has 126 valence electrons. The molecule has 2 aliphatic heterocycles. The van der Waals surface area contributed by atoms with Crippen molar-refractivity contribution in [2.24, 2.45) is 11.3 Å². The van der Waals surface area contributed by atoms with E-state index in [1.807, 2.05) is 22.9 Å². The summed E-state index contributed by atoms with van der Waals surface area (Å²) in [5.41, 5.74) is 1.30. The SMILES string of the molecule is CCc1nc(N2C[C@H]3CN(CCO)C[C@@]3(C(=O)O)C2)ncc1C. The summed E-state index contributed by atoms with van der Waals surface area (Å²) in [6.07, 6.45) is 2.66. The van der Waals surface area contributed by atoms with Gasteiger partial charge in [-0.15, -0.1) is 0 Å². The molecular weight excluding hydrogens is 296 g/mol. The number of anilines is 1. The van der Waals surface area contributed by atoms with Crippen LogP contribution in [0.15, 0.2) is 6.20 Å². The number of rotatable bonds is 5. The summed E-state index contributed by atoms with van der Waals surface area (Å²) in [5, 5.41) is 18.9. The number of likely N-dealkylation sites (tertiary alicyclic amines) is 1. The van der Waals surface area contributed by atoms with Crippen LogP contribution in [0.25, 0.3) is 0 Å². The standard InChI is InChI=1S/C16H24N4O3/c1-3-13-11(2)6-17-15(18-13)20-8-12-7-19(4-5-21)9-16(12,10-20)14(22)23/h6,12,21H,3-5,7-10H2,1-2H3,(H,22,23)/t12-,16-/m1/s1. The van der Waals surface area contributed by atoms with E-state index in [2.05, 4.69) is 16.9 Å². The van der Waals surface area contributed by atoms with Crippen molar-refractivity contribution < 1.29 is 15.0 Å². The predicted molar refractivity (Wildman–Crippen MR) is 85.4 cm³/mol. The fourth-order valence-corrected chi connectivity index (χ4v) is 3.91. The van der Waals surface area contributed by atoms with Gasteiger partial charge in [-0.25, -0.2) is 9.97 Å². The highest BCUT2D eigenvalue weighted by atomic mass is 16.4. The van der Waals surface area contributed by atoms with Crippen molar-refractivity contribution in [3.8, 4) is 0 Å². The van der Waals surface area contributed by atoms with Crippen LogP contribution in [-0.4, -0.2) is 70.4 Å². The summed E-state index contributed by atoms with van der Waals surface area (Å²) in [4.78, 5) is 25.0. The first kappa shape index (κ1) is 16.1. The molecule has 0 bridgehead atoms. The second kappa shape index (κ2) is 6.05. The molecule has 3 heterocycles. The van der Waals surface area contributed by atoms with Gasteiger partial charge in [0.2, 0.25) is 5.95 Å². The van der Waals surface area contributed by atoms with Gasteiger partial charge >= 0.3 is 5.97 Å². The topological polar surface area (TPSA) is 89.8 Å². The van der Waals surface area contributed by atoms with Crippen molar-refractivity contribution in [1.29, 1.82) is 0 Å². The zero-order valence-corrected chi connectivity index (χ0v) is 13.7. The minimum Gasteiger partial charge on any atom is -0.481 e. The third-order valence-corrected chi connectivity index (χ3v) is 5.20. The highest BCUT2D eigenvalue weighted by molar-refractivity contribution is 5.78. The Bertz CT molecular complexity index is 609. The number of aryl methyl sites for hydroxylation is 2. The quantitative estimate of drug-likeness (QED) is 0.799. The summed E-state index contributed by atoms with van der Waals surface area (Å²) in [6.45, 7) is 6.92. The average Bonchev–Trinajstić information content (AvgIpc) is 3.03. The molecule has 0 spiro atoms. The predicted octanol–water partition coefficient (Wildman–Crippen LogP) is 0.163. The molecular formula is C16H24N4O3. The summed E-state index contributed by atoms with van der Waals surface area (Å²) in [5.74, 6) is -0.0778. The zero-order chi connectivity index (χ0) is 16.6. The van der Waals surface area contributed by atoms with Gasteiger partial charge in [0.15, 0.2) is 0 Å². The van der Waals surface area contributed by atoms with Gasteiger partial charge < -0.3 is 15.1 Å². The molecule has 0 amide bonds. The first-order valence-corrected chi connectivity index (χ1v) is 8.14. The Kier molecular flexibility index (Phi) is 4.25. The largest absolute Gasteiger partial charge is 0.481 e. The maximum atomic E-state index is 12.0. The summed E-state index contributed by atoms with van der Waals surface area (Å²) in [7, 11) is 0. The van der Waals surface area contributed by atoms with E-state index in [0.717, 1.165) is 17.7 Å². The Labute approximate surface area is 136 Å². The number of aliphatic carboxylic acids is 1. The molecule has 1 aromatic heterocycles. The molecule has 0 aliphatic carbocycles. The van der Waals surface area contributed by atoms with Gasteiger partial charge in [0.1, 0.15) is 5.41 Å². The van der Waals surface area contributed by atoms with E-state index in [-0.39, 0.29) is 12.5 Å². The third-order valence-electron chi connectivity index (χ3n) is 5.20. The molecule has 0 saturated carbocycles. The van der Waals surface area contributed by atoms with Crippen LogP contribution in [0.3, 0.4) is 0 Å². The van der Waals surface area contributed by atoms with E-state index in [1.54, 1.807) is 0 Å². The number of β-amino-alcohol motifs (C(OH)–C–C–N with tert-alkyl or cyclic N) is 1. The number of carboxylic acids is 1. The van der Waals surface area contributed by atoms with Gasteiger partial charge in [0, 0.05) is 50.5 Å². The van der Waals surface area contributed by atoms with Gasteiger partial charge in [-0.1, -0.05) is 6.92 Å². The Morgan fingerprint density at radius 2 is 2.22 bits per heavy atom. The molecule has 2 N–H and O–H groups in total. The molecule has 7 nitrogen and oxygen atoms in total. The molecule has 3 rings (SSSR count). The van der Waals surface area contributed by atoms with Crippen LogP contribution in [0.1, 0.15) is 18.2 Å². The van der Waals surface area contributed by atoms with Gasteiger partial charge in [0.25, 0.3) is 0 Å². The molecule has 2 aliphatic rings. The average molecular weight is 320 g/mol. The number of carboxylic acid groups (broad SMARTS) is 1. The normalized spacial score (nSPS) is 27.4. The van der Waals surface area contributed by atoms with Crippen LogP contribution >= 0.6 is 0 Å². The molecule has 0 unspecified atom stereocenters. The van der Waals surface area contributed by atoms with E-state index in [4.69, 9.17) is 5.11 Å². The monoisotopic (exact) mass is 320 g/mol. The first-order chi connectivity index (χ1) is 11.0. The second-order valence-corrected chi connectivity index (χ2v) is 6.65. The number of hydrogen-bond donors (Lipinski definition) is 2. The van der Waals surface area contributed by atoms with Gasteiger partial charge in [0.05, 0.1) is 6.61 Å². The summed E-state index contributed by atoms with van der Waals surface area (Å²) >= 11 is 0. The lowest BCUT2D eigenvalue weighted by Crippen LogP contribution is -2.41. The molecule has 0 radical (unpaired) electrons. The molecule has 2 fully saturated rings. The Balaban J connectivity index is 1.83. The fraction of sp³-hybridized carbons (Fsp3) is 0.688. The van der Waals surface area contributed by atoms with E-state index in [1.165, 1.54) is 0 Å². The van der Waals surface area contributed by atoms with E-state index in [0.29, 0.717) is 38.7 Å². The number of carbonyl (C=O) groups is 1. The van der Waals surface area contributed by atoms with E-state index < -0.39 is 11.4 Å². The second-order valence-electron chi connectivity index (χ2n) is 6.65. The molecule has 2 saturated heterocycles. The van der Waals surface area contributed by atoms with Crippen molar-refractivity contribution >= 4 is 11.9 Å². The Morgan fingerprint density at radius 1 is 1.43 bits per heavy atom. The molecule has 2 atom stereocenters. The van der Waals surface area contributed by atoms with Crippen molar-refractivity contribution in [3.63, 3.8) is 0 Å². The van der Waals surface area contributed by atoms with Crippen LogP contribution < -0.4 is 4.90 Å². The maximum Gasteiger partial charge on any atom is 0.313 e. The summed E-state index contributed by atoms with van der Waals surface area (Å²) < 4.78 is 0. The minimum atomic E-state index is -0.782. The maximum absolute atomic E-state index is 12.0. The Hall–Kier alpha value is -1.73. The smallest absolute Gasteiger partial charge is 0.313 e. The lowest BCUT2D eigenvalue weighted by molar-refractivity contribution is -0.148. The highest BCUT2D eigenvalue weighted by Crippen LogP contribution is 2.43. The third kappa shape index (κ3) is 2.68.